The lowest BCUT2D eigenvalue weighted by atomic mass is 10.1. The predicted octanol–water partition coefficient (Wildman–Crippen LogP) is 4.01. The number of carbonyl (C=O) groups excluding carboxylic acids is 1. The van der Waals surface area contributed by atoms with Gasteiger partial charge in [0.2, 0.25) is 5.91 Å². The summed E-state index contributed by atoms with van der Waals surface area (Å²) in [5.74, 6) is 0.0201. The largest absolute Gasteiger partial charge is 0.326 e. The maximum Gasteiger partial charge on any atom is 0.224 e. The molecule has 3 rings (SSSR count). The molecule has 0 aliphatic carbocycles. The number of carbonyl (C=O) groups is 1. The second-order valence-electron chi connectivity index (χ2n) is 5.73. The van der Waals surface area contributed by atoms with Crippen LogP contribution in [0.25, 0.3) is 5.69 Å². The van der Waals surface area contributed by atoms with Gasteiger partial charge in [0.1, 0.15) is 0 Å². The SMILES string of the molecule is CCc1ccc(NC(=O)CCc2cnn(-c3ccccc3)c2)cc1. The maximum absolute atomic E-state index is 12.1. The standard InChI is InChI=1S/C20H21N3O/c1-2-16-8-11-18(12-9-16)22-20(24)13-10-17-14-21-23(15-17)19-6-4-3-5-7-19/h3-9,11-12,14-15H,2,10,13H2,1H3,(H,22,24). The van der Waals surface area contributed by atoms with Crippen molar-refractivity contribution in [3.63, 3.8) is 0 Å². The summed E-state index contributed by atoms with van der Waals surface area (Å²) < 4.78 is 1.83. The Morgan fingerprint density at radius 3 is 2.50 bits per heavy atom. The summed E-state index contributed by atoms with van der Waals surface area (Å²) in [6.45, 7) is 2.11. The number of aryl methyl sites for hydroxylation is 2. The third-order valence-electron chi connectivity index (χ3n) is 3.94. The molecule has 0 saturated carbocycles. The Hall–Kier alpha value is -2.88. The van der Waals surface area contributed by atoms with E-state index in [4.69, 9.17) is 0 Å². The number of anilines is 1. The topological polar surface area (TPSA) is 46.9 Å². The summed E-state index contributed by atoms with van der Waals surface area (Å²) in [4.78, 5) is 12.1. The van der Waals surface area contributed by atoms with E-state index in [1.807, 2.05) is 71.7 Å². The Balaban J connectivity index is 1.53. The van der Waals surface area contributed by atoms with Gasteiger partial charge in [-0.25, -0.2) is 4.68 Å². The van der Waals surface area contributed by atoms with Gasteiger partial charge in [-0.1, -0.05) is 37.3 Å². The molecule has 0 atom stereocenters. The number of hydrogen-bond donors (Lipinski definition) is 1. The van der Waals surface area contributed by atoms with Gasteiger partial charge >= 0.3 is 0 Å². The minimum absolute atomic E-state index is 0.0201. The predicted molar refractivity (Wildman–Crippen MR) is 96.3 cm³/mol. The van der Waals surface area contributed by atoms with Crippen molar-refractivity contribution in [2.75, 3.05) is 5.32 Å². The van der Waals surface area contributed by atoms with E-state index < -0.39 is 0 Å². The summed E-state index contributed by atoms with van der Waals surface area (Å²) in [7, 11) is 0. The van der Waals surface area contributed by atoms with Gasteiger partial charge in [0, 0.05) is 18.3 Å². The first kappa shape index (κ1) is 16.0. The third kappa shape index (κ3) is 4.10. The molecule has 4 nitrogen and oxygen atoms in total. The highest BCUT2D eigenvalue weighted by Crippen LogP contribution is 2.12. The van der Waals surface area contributed by atoms with Crippen LogP contribution in [0, 0.1) is 0 Å². The molecule has 0 aliphatic rings. The molecule has 4 heteroatoms. The molecule has 1 amide bonds. The highest BCUT2D eigenvalue weighted by Gasteiger charge is 2.06. The van der Waals surface area contributed by atoms with Crippen LogP contribution >= 0.6 is 0 Å². The zero-order chi connectivity index (χ0) is 16.8. The van der Waals surface area contributed by atoms with Crippen molar-refractivity contribution in [3.05, 3.63) is 78.1 Å². The van der Waals surface area contributed by atoms with Crippen LogP contribution in [0.1, 0.15) is 24.5 Å². The van der Waals surface area contributed by atoms with E-state index in [0.717, 1.165) is 23.4 Å². The zero-order valence-electron chi connectivity index (χ0n) is 13.8. The van der Waals surface area contributed by atoms with Crippen molar-refractivity contribution in [3.8, 4) is 5.69 Å². The van der Waals surface area contributed by atoms with Crippen molar-refractivity contribution in [1.82, 2.24) is 9.78 Å². The minimum Gasteiger partial charge on any atom is -0.326 e. The number of rotatable bonds is 6. The van der Waals surface area contributed by atoms with Gasteiger partial charge in [0.05, 0.1) is 11.9 Å². The van der Waals surface area contributed by atoms with Crippen LogP contribution in [-0.4, -0.2) is 15.7 Å². The fourth-order valence-corrected chi connectivity index (χ4v) is 2.52. The molecule has 0 radical (unpaired) electrons. The number of nitrogens with one attached hydrogen (secondary N) is 1. The molecule has 0 spiro atoms. The summed E-state index contributed by atoms with van der Waals surface area (Å²) in [5, 5.41) is 7.29. The highest BCUT2D eigenvalue weighted by atomic mass is 16.1. The monoisotopic (exact) mass is 319 g/mol. The van der Waals surface area contributed by atoms with Crippen LogP contribution in [0.15, 0.2) is 67.0 Å². The van der Waals surface area contributed by atoms with E-state index >= 15 is 0 Å². The van der Waals surface area contributed by atoms with Crippen molar-refractivity contribution < 1.29 is 4.79 Å². The summed E-state index contributed by atoms with van der Waals surface area (Å²) in [5.41, 5.74) is 4.18. The normalized spacial score (nSPS) is 10.5. The van der Waals surface area contributed by atoms with Gasteiger partial charge in [-0.15, -0.1) is 0 Å². The van der Waals surface area contributed by atoms with Gasteiger partial charge in [0.15, 0.2) is 0 Å². The number of amides is 1. The molecule has 0 unspecified atom stereocenters. The van der Waals surface area contributed by atoms with Gasteiger partial charge in [-0.2, -0.15) is 5.10 Å². The molecule has 1 aromatic heterocycles. The van der Waals surface area contributed by atoms with Crippen LogP contribution in [0.5, 0.6) is 0 Å². The average Bonchev–Trinajstić information content (AvgIpc) is 3.10. The fraction of sp³-hybridized carbons (Fsp3) is 0.200. The number of benzene rings is 2. The number of hydrogen-bond acceptors (Lipinski definition) is 2. The van der Waals surface area contributed by atoms with Crippen molar-refractivity contribution in [2.45, 2.75) is 26.2 Å². The molecule has 3 aromatic rings. The van der Waals surface area contributed by atoms with Crippen LogP contribution < -0.4 is 5.32 Å². The van der Waals surface area contributed by atoms with Crippen LogP contribution in [0.2, 0.25) is 0 Å². The lowest BCUT2D eigenvalue weighted by Gasteiger charge is -2.05. The molecule has 0 fully saturated rings. The van der Waals surface area contributed by atoms with Gasteiger partial charge in [-0.3, -0.25) is 4.79 Å². The Morgan fingerprint density at radius 1 is 1.04 bits per heavy atom. The smallest absolute Gasteiger partial charge is 0.224 e. The molecular weight excluding hydrogens is 298 g/mol. The highest BCUT2D eigenvalue weighted by molar-refractivity contribution is 5.90. The second kappa shape index (κ2) is 7.59. The van der Waals surface area contributed by atoms with E-state index in [1.165, 1.54) is 5.56 Å². The van der Waals surface area contributed by atoms with E-state index in [1.54, 1.807) is 0 Å². The Kier molecular flexibility index (Phi) is 5.06. The number of nitrogens with zero attached hydrogens (tertiary/aromatic N) is 2. The molecule has 0 aliphatic heterocycles. The van der Waals surface area contributed by atoms with Crippen LogP contribution in [-0.2, 0) is 17.6 Å². The lowest BCUT2D eigenvalue weighted by molar-refractivity contribution is -0.116. The quantitative estimate of drug-likeness (QED) is 0.746. The fourth-order valence-electron chi connectivity index (χ4n) is 2.52. The van der Waals surface area contributed by atoms with E-state index in [9.17, 15) is 4.79 Å². The summed E-state index contributed by atoms with van der Waals surface area (Å²) in [6, 6.07) is 17.9. The first-order valence-electron chi connectivity index (χ1n) is 8.22. The van der Waals surface area contributed by atoms with Crippen LogP contribution in [0.4, 0.5) is 5.69 Å². The maximum atomic E-state index is 12.1. The first-order chi connectivity index (χ1) is 11.7. The molecule has 122 valence electrons. The average molecular weight is 319 g/mol. The molecule has 24 heavy (non-hydrogen) atoms. The Morgan fingerprint density at radius 2 is 1.79 bits per heavy atom. The van der Waals surface area contributed by atoms with Gasteiger partial charge < -0.3 is 5.32 Å². The molecule has 1 N–H and O–H groups in total. The lowest BCUT2D eigenvalue weighted by Crippen LogP contribution is -2.12. The summed E-state index contributed by atoms with van der Waals surface area (Å²) in [6.07, 6.45) is 5.90. The van der Waals surface area contributed by atoms with Crippen LogP contribution in [0.3, 0.4) is 0 Å². The Bertz CT molecular complexity index is 791. The van der Waals surface area contributed by atoms with Gasteiger partial charge in [-0.05, 0) is 48.2 Å². The van der Waals surface area contributed by atoms with E-state index in [-0.39, 0.29) is 5.91 Å². The zero-order valence-corrected chi connectivity index (χ0v) is 13.8. The molecule has 1 heterocycles. The number of para-hydroxylation sites is 1. The van der Waals surface area contributed by atoms with Crippen molar-refractivity contribution in [1.29, 1.82) is 0 Å². The Labute approximate surface area is 142 Å². The van der Waals surface area contributed by atoms with Crippen molar-refractivity contribution in [2.24, 2.45) is 0 Å². The third-order valence-corrected chi connectivity index (χ3v) is 3.94. The first-order valence-corrected chi connectivity index (χ1v) is 8.22. The minimum atomic E-state index is 0.0201. The molecular formula is C20H21N3O. The molecule has 0 saturated heterocycles. The van der Waals surface area contributed by atoms with Gasteiger partial charge in [0.25, 0.3) is 0 Å². The van der Waals surface area contributed by atoms with E-state index in [2.05, 4.69) is 17.3 Å². The molecule has 2 aromatic carbocycles. The summed E-state index contributed by atoms with van der Waals surface area (Å²) >= 11 is 0. The second-order valence-corrected chi connectivity index (χ2v) is 5.73. The number of aromatic nitrogens is 2. The van der Waals surface area contributed by atoms with E-state index in [0.29, 0.717) is 12.8 Å². The van der Waals surface area contributed by atoms with Crippen molar-refractivity contribution >= 4 is 11.6 Å². The molecule has 0 bridgehead atoms.